The van der Waals surface area contributed by atoms with Crippen LogP contribution >= 0.6 is 0 Å². The van der Waals surface area contributed by atoms with Gasteiger partial charge < -0.3 is 9.52 Å². The predicted octanol–water partition coefficient (Wildman–Crippen LogP) is 2.75. The van der Waals surface area contributed by atoms with Crippen molar-refractivity contribution in [2.24, 2.45) is 0 Å². The summed E-state index contributed by atoms with van der Waals surface area (Å²) in [7, 11) is 0. The summed E-state index contributed by atoms with van der Waals surface area (Å²) in [5.74, 6) is 1.01. The molecule has 0 spiro atoms. The van der Waals surface area contributed by atoms with Crippen molar-refractivity contribution in [1.29, 1.82) is 0 Å². The van der Waals surface area contributed by atoms with Crippen molar-refractivity contribution in [2.75, 3.05) is 6.61 Å². The highest BCUT2D eigenvalue weighted by molar-refractivity contribution is 5.77. The highest BCUT2D eigenvalue weighted by Gasteiger charge is 2.01. The largest absolute Gasteiger partial charge is 0.461 e. The van der Waals surface area contributed by atoms with E-state index in [0.29, 0.717) is 0 Å². The lowest BCUT2D eigenvalue weighted by atomic mass is 10.2. The molecule has 1 N–H and O–H groups in total. The summed E-state index contributed by atoms with van der Waals surface area (Å²) in [6.07, 6.45) is 2.74. The Kier molecular flexibility index (Phi) is 2.84. The van der Waals surface area contributed by atoms with Gasteiger partial charge in [0.2, 0.25) is 0 Å². The van der Waals surface area contributed by atoms with Gasteiger partial charge >= 0.3 is 0 Å². The van der Waals surface area contributed by atoms with E-state index in [1.807, 2.05) is 24.3 Å². The molecule has 0 amide bonds. The van der Waals surface area contributed by atoms with E-state index in [1.165, 1.54) is 0 Å². The molecule has 0 fully saturated rings. The average molecular weight is 190 g/mol. The van der Waals surface area contributed by atoms with E-state index in [1.54, 1.807) is 0 Å². The Morgan fingerprint density at radius 3 is 2.79 bits per heavy atom. The molecule has 1 heterocycles. The number of unbranched alkanes of at least 4 members (excludes halogenated alkanes) is 1. The van der Waals surface area contributed by atoms with Gasteiger partial charge in [-0.3, -0.25) is 0 Å². The molecule has 0 aliphatic rings. The van der Waals surface area contributed by atoms with Gasteiger partial charge in [-0.05, 0) is 25.0 Å². The van der Waals surface area contributed by atoms with E-state index in [4.69, 9.17) is 9.52 Å². The number of aliphatic hydroxyl groups excluding tert-OH is 1. The van der Waals surface area contributed by atoms with E-state index < -0.39 is 0 Å². The number of para-hydroxylation sites is 1. The topological polar surface area (TPSA) is 33.4 Å². The van der Waals surface area contributed by atoms with Crippen LogP contribution in [0.3, 0.4) is 0 Å². The van der Waals surface area contributed by atoms with E-state index in [0.717, 1.165) is 36.0 Å². The first-order valence-electron chi connectivity index (χ1n) is 4.98. The zero-order chi connectivity index (χ0) is 9.80. The maximum absolute atomic E-state index is 8.65. The summed E-state index contributed by atoms with van der Waals surface area (Å²) >= 11 is 0. The Bertz CT molecular complexity index is 370. The first-order valence-corrected chi connectivity index (χ1v) is 4.98. The molecule has 0 radical (unpaired) electrons. The summed E-state index contributed by atoms with van der Waals surface area (Å²) in [5.41, 5.74) is 0.950. The number of aryl methyl sites for hydroxylation is 1. The number of benzene rings is 1. The number of furan rings is 1. The van der Waals surface area contributed by atoms with Crippen LogP contribution in [0.1, 0.15) is 18.6 Å². The van der Waals surface area contributed by atoms with E-state index >= 15 is 0 Å². The maximum Gasteiger partial charge on any atom is 0.134 e. The smallest absolute Gasteiger partial charge is 0.134 e. The van der Waals surface area contributed by atoms with Gasteiger partial charge in [0.05, 0.1) is 0 Å². The molecule has 0 saturated heterocycles. The molecular formula is C12H14O2. The third-order valence-corrected chi connectivity index (χ3v) is 2.31. The van der Waals surface area contributed by atoms with Crippen LogP contribution in [0.4, 0.5) is 0 Å². The van der Waals surface area contributed by atoms with Crippen LogP contribution in [-0.4, -0.2) is 11.7 Å². The Morgan fingerprint density at radius 2 is 2.00 bits per heavy atom. The molecule has 0 aliphatic heterocycles. The first kappa shape index (κ1) is 9.28. The second-order valence-corrected chi connectivity index (χ2v) is 3.43. The molecular weight excluding hydrogens is 176 g/mol. The number of rotatable bonds is 4. The minimum Gasteiger partial charge on any atom is -0.461 e. The molecule has 2 rings (SSSR count). The summed E-state index contributed by atoms with van der Waals surface area (Å²) in [6, 6.07) is 10.1. The van der Waals surface area contributed by atoms with Gasteiger partial charge in [-0.15, -0.1) is 0 Å². The Morgan fingerprint density at radius 1 is 1.14 bits per heavy atom. The number of hydrogen-bond donors (Lipinski definition) is 1. The van der Waals surface area contributed by atoms with Crippen molar-refractivity contribution >= 4 is 11.0 Å². The monoisotopic (exact) mass is 190 g/mol. The Hall–Kier alpha value is -1.28. The van der Waals surface area contributed by atoms with Crippen molar-refractivity contribution < 1.29 is 9.52 Å². The molecule has 0 unspecified atom stereocenters. The lowest BCUT2D eigenvalue weighted by Gasteiger charge is -1.93. The summed E-state index contributed by atoms with van der Waals surface area (Å²) in [4.78, 5) is 0. The lowest BCUT2D eigenvalue weighted by molar-refractivity contribution is 0.283. The van der Waals surface area contributed by atoms with Crippen LogP contribution in [0.5, 0.6) is 0 Å². The quantitative estimate of drug-likeness (QED) is 0.752. The second-order valence-electron chi connectivity index (χ2n) is 3.43. The Balaban J connectivity index is 2.11. The molecule has 1 aromatic carbocycles. The van der Waals surface area contributed by atoms with Gasteiger partial charge in [0.15, 0.2) is 0 Å². The SMILES string of the molecule is OCCCCc1cc2ccccc2o1. The van der Waals surface area contributed by atoms with Crippen LogP contribution in [0.2, 0.25) is 0 Å². The minimum atomic E-state index is 0.264. The molecule has 14 heavy (non-hydrogen) atoms. The molecule has 74 valence electrons. The molecule has 1 aromatic heterocycles. The van der Waals surface area contributed by atoms with E-state index in [2.05, 4.69) is 6.07 Å². The molecule has 2 nitrogen and oxygen atoms in total. The van der Waals surface area contributed by atoms with Crippen molar-refractivity contribution in [2.45, 2.75) is 19.3 Å². The second kappa shape index (κ2) is 4.29. The zero-order valence-electron chi connectivity index (χ0n) is 8.07. The third kappa shape index (κ3) is 1.96. The van der Waals surface area contributed by atoms with Crippen molar-refractivity contribution in [1.82, 2.24) is 0 Å². The van der Waals surface area contributed by atoms with Crippen LogP contribution in [0, 0.1) is 0 Å². The van der Waals surface area contributed by atoms with E-state index in [9.17, 15) is 0 Å². The maximum atomic E-state index is 8.65. The van der Waals surface area contributed by atoms with E-state index in [-0.39, 0.29) is 6.61 Å². The minimum absolute atomic E-state index is 0.264. The normalized spacial score (nSPS) is 10.9. The average Bonchev–Trinajstić information content (AvgIpc) is 2.60. The summed E-state index contributed by atoms with van der Waals surface area (Å²) in [6.45, 7) is 0.264. The number of fused-ring (bicyclic) bond motifs is 1. The van der Waals surface area contributed by atoms with Crippen LogP contribution < -0.4 is 0 Å². The van der Waals surface area contributed by atoms with Crippen LogP contribution in [0.15, 0.2) is 34.7 Å². The highest BCUT2D eigenvalue weighted by Crippen LogP contribution is 2.19. The number of hydrogen-bond acceptors (Lipinski definition) is 2. The standard InChI is InChI=1S/C12H14O2/c13-8-4-3-6-11-9-10-5-1-2-7-12(10)14-11/h1-2,5,7,9,13H,3-4,6,8H2. The lowest BCUT2D eigenvalue weighted by Crippen LogP contribution is -1.85. The molecule has 2 heteroatoms. The van der Waals surface area contributed by atoms with Gasteiger partial charge in [-0.2, -0.15) is 0 Å². The van der Waals surface area contributed by atoms with Crippen molar-refractivity contribution in [3.63, 3.8) is 0 Å². The summed E-state index contributed by atoms with van der Waals surface area (Å²) < 4.78 is 5.63. The summed E-state index contributed by atoms with van der Waals surface area (Å²) in [5, 5.41) is 9.81. The molecule has 2 aromatic rings. The predicted molar refractivity (Wildman–Crippen MR) is 56.2 cm³/mol. The molecule has 0 atom stereocenters. The van der Waals surface area contributed by atoms with Gasteiger partial charge in [0.25, 0.3) is 0 Å². The van der Waals surface area contributed by atoms with Crippen LogP contribution in [-0.2, 0) is 6.42 Å². The Labute approximate surface area is 83.2 Å². The van der Waals surface area contributed by atoms with Gasteiger partial charge in [0.1, 0.15) is 11.3 Å². The molecule has 0 saturated carbocycles. The zero-order valence-corrected chi connectivity index (χ0v) is 8.07. The van der Waals surface area contributed by atoms with Crippen molar-refractivity contribution in [3.05, 3.63) is 36.1 Å². The van der Waals surface area contributed by atoms with Crippen molar-refractivity contribution in [3.8, 4) is 0 Å². The highest BCUT2D eigenvalue weighted by atomic mass is 16.3. The van der Waals surface area contributed by atoms with Gasteiger partial charge in [0, 0.05) is 18.4 Å². The fourth-order valence-corrected chi connectivity index (χ4v) is 1.57. The fraction of sp³-hybridized carbons (Fsp3) is 0.333. The number of aliphatic hydroxyl groups is 1. The molecule has 0 aliphatic carbocycles. The van der Waals surface area contributed by atoms with Crippen LogP contribution in [0.25, 0.3) is 11.0 Å². The molecule has 0 bridgehead atoms. The van der Waals surface area contributed by atoms with Gasteiger partial charge in [-0.1, -0.05) is 18.2 Å². The fourth-order valence-electron chi connectivity index (χ4n) is 1.57. The third-order valence-electron chi connectivity index (χ3n) is 2.31. The van der Waals surface area contributed by atoms with Gasteiger partial charge in [-0.25, -0.2) is 0 Å². The first-order chi connectivity index (χ1) is 6.90.